The second-order valence-electron chi connectivity index (χ2n) is 3.34. The Hall–Kier alpha value is -1.33. The van der Waals surface area contributed by atoms with Crippen LogP contribution in [0.1, 0.15) is 0 Å². The Kier molecular flexibility index (Phi) is 2.73. The van der Waals surface area contributed by atoms with Crippen LogP contribution in [0.15, 0.2) is 36.5 Å². The van der Waals surface area contributed by atoms with Gasteiger partial charge >= 0.3 is 0 Å². The van der Waals surface area contributed by atoms with Crippen LogP contribution in [0, 0.1) is 0 Å². The summed E-state index contributed by atoms with van der Waals surface area (Å²) >= 11 is 5.76. The SMILES string of the molecule is CS(=O)(=O)n1ccc(-c2ccc(Cl)cc2)n1. The highest BCUT2D eigenvalue weighted by Crippen LogP contribution is 2.19. The van der Waals surface area contributed by atoms with Crippen molar-refractivity contribution >= 4 is 21.6 Å². The average molecular weight is 257 g/mol. The largest absolute Gasteiger partial charge is 0.250 e. The van der Waals surface area contributed by atoms with Crippen molar-refractivity contribution in [2.75, 3.05) is 6.26 Å². The van der Waals surface area contributed by atoms with E-state index in [0.29, 0.717) is 10.7 Å². The van der Waals surface area contributed by atoms with Crippen LogP contribution >= 0.6 is 11.6 Å². The number of rotatable bonds is 2. The van der Waals surface area contributed by atoms with Gasteiger partial charge in [0, 0.05) is 16.8 Å². The molecule has 0 aliphatic rings. The molecule has 4 nitrogen and oxygen atoms in total. The molecule has 0 radical (unpaired) electrons. The van der Waals surface area contributed by atoms with Crippen LogP contribution in [0.5, 0.6) is 0 Å². The lowest BCUT2D eigenvalue weighted by molar-refractivity contribution is 0.586. The van der Waals surface area contributed by atoms with E-state index in [0.717, 1.165) is 15.9 Å². The zero-order valence-corrected chi connectivity index (χ0v) is 10.0. The third-order valence-electron chi connectivity index (χ3n) is 2.05. The van der Waals surface area contributed by atoms with Gasteiger partial charge in [-0.2, -0.15) is 9.19 Å². The van der Waals surface area contributed by atoms with Gasteiger partial charge in [0.05, 0.1) is 11.9 Å². The van der Waals surface area contributed by atoms with Crippen LogP contribution in [0.4, 0.5) is 0 Å². The lowest BCUT2D eigenvalue weighted by Gasteiger charge is -1.97. The molecule has 0 bridgehead atoms. The van der Waals surface area contributed by atoms with Gasteiger partial charge in [0.15, 0.2) is 0 Å². The second kappa shape index (κ2) is 3.92. The molecule has 0 N–H and O–H groups in total. The van der Waals surface area contributed by atoms with Gasteiger partial charge in [0.1, 0.15) is 0 Å². The first-order chi connectivity index (χ1) is 7.47. The summed E-state index contributed by atoms with van der Waals surface area (Å²) in [6.07, 6.45) is 2.52. The third kappa shape index (κ3) is 2.25. The van der Waals surface area contributed by atoms with Crippen molar-refractivity contribution in [2.45, 2.75) is 0 Å². The monoisotopic (exact) mass is 256 g/mol. The van der Waals surface area contributed by atoms with Gasteiger partial charge in [-0.15, -0.1) is 0 Å². The molecule has 0 fully saturated rings. The highest BCUT2D eigenvalue weighted by molar-refractivity contribution is 7.89. The summed E-state index contributed by atoms with van der Waals surface area (Å²) in [6.45, 7) is 0. The van der Waals surface area contributed by atoms with Crippen LogP contribution in [-0.2, 0) is 10.0 Å². The summed E-state index contributed by atoms with van der Waals surface area (Å²) in [5.41, 5.74) is 1.42. The summed E-state index contributed by atoms with van der Waals surface area (Å²) in [5.74, 6) is 0. The summed E-state index contributed by atoms with van der Waals surface area (Å²) < 4.78 is 23.4. The fourth-order valence-electron chi connectivity index (χ4n) is 1.27. The molecule has 0 aliphatic heterocycles. The molecular formula is C10H9ClN2O2S. The molecule has 2 rings (SSSR count). The van der Waals surface area contributed by atoms with Crippen molar-refractivity contribution in [2.24, 2.45) is 0 Å². The van der Waals surface area contributed by atoms with Crippen molar-refractivity contribution in [1.29, 1.82) is 0 Å². The fraction of sp³-hybridized carbons (Fsp3) is 0.100. The van der Waals surface area contributed by atoms with E-state index in [9.17, 15) is 8.42 Å². The molecule has 0 saturated heterocycles. The van der Waals surface area contributed by atoms with Gasteiger partial charge in [0.2, 0.25) is 0 Å². The molecular weight excluding hydrogens is 248 g/mol. The van der Waals surface area contributed by atoms with E-state index in [4.69, 9.17) is 11.6 Å². The number of nitrogens with zero attached hydrogens (tertiary/aromatic N) is 2. The molecule has 1 aromatic heterocycles. The van der Waals surface area contributed by atoms with Crippen molar-refractivity contribution in [3.8, 4) is 11.3 Å². The maximum Gasteiger partial charge on any atom is 0.250 e. The maximum atomic E-state index is 11.2. The predicted molar refractivity (Wildman–Crippen MR) is 62.9 cm³/mol. The Bertz CT molecular complexity index is 602. The van der Waals surface area contributed by atoms with Crippen molar-refractivity contribution in [3.05, 3.63) is 41.6 Å². The Balaban J connectivity index is 2.43. The zero-order valence-electron chi connectivity index (χ0n) is 8.46. The lowest BCUT2D eigenvalue weighted by Crippen LogP contribution is -2.10. The molecule has 1 aromatic carbocycles. The number of aromatic nitrogens is 2. The van der Waals surface area contributed by atoms with E-state index in [-0.39, 0.29) is 0 Å². The number of hydrogen-bond donors (Lipinski definition) is 0. The number of hydrogen-bond acceptors (Lipinski definition) is 3. The van der Waals surface area contributed by atoms with Crippen molar-refractivity contribution in [3.63, 3.8) is 0 Å². The van der Waals surface area contributed by atoms with Crippen molar-refractivity contribution < 1.29 is 8.42 Å². The third-order valence-corrected chi connectivity index (χ3v) is 3.18. The molecule has 0 saturated carbocycles. The standard InChI is InChI=1S/C10H9ClN2O2S/c1-16(14,15)13-7-6-10(12-13)8-2-4-9(11)5-3-8/h2-7H,1H3. The molecule has 0 amide bonds. The smallest absolute Gasteiger partial charge is 0.205 e. The molecule has 0 spiro atoms. The molecule has 6 heteroatoms. The first kappa shape index (κ1) is 11.2. The minimum atomic E-state index is -3.32. The maximum absolute atomic E-state index is 11.2. The summed E-state index contributed by atoms with van der Waals surface area (Å²) in [5, 5.41) is 4.60. The van der Waals surface area contributed by atoms with E-state index >= 15 is 0 Å². The first-order valence-electron chi connectivity index (χ1n) is 4.49. The highest BCUT2D eigenvalue weighted by atomic mass is 35.5. The van der Waals surface area contributed by atoms with Crippen LogP contribution in [-0.4, -0.2) is 23.9 Å². The minimum Gasteiger partial charge on any atom is -0.205 e. The van der Waals surface area contributed by atoms with E-state index in [1.165, 1.54) is 6.20 Å². The molecule has 0 atom stereocenters. The normalized spacial score (nSPS) is 11.6. The zero-order chi connectivity index (χ0) is 11.8. The van der Waals surface area contributed by atoms with E-state index < -0.39 is 10.0 Å². The molecule has 1 heterocycles. The van der Waals surface area contributed by atoms with Crippen LogP contribution in [0.3, 0.4) is 0 Å². The molecule has 2 aromatic rings. The van der Waals surface area contributed by atoms with Gasteiger partial charge in [-0.3, -0.25) is 0 Å². The molecule has 0 aliphatic carbocycles. The number of benzene rings is 1. The Morgan fingerprint density at radius 3 is 2.31 bits per heavy atom. The predicted octanol–water partition coefficient (Wildman–Crippen LogP) is 2.01. The van der Waals surface area contributed by atoms with Gasteiger partial charge < -0.3 is 0 Å². The average Bonchev–Trinajstić information content (AvgIpc) is 2.67. The lowest BCUT2D eigenvalue weighted by atomic mass is 10.2. The summed E-state index contributed by atoms with van der Waals surface area (Å²) in [6, 6.07) is 8.69. The van der Waals surface area contributed by atoms with E-state index in [1.807, 2.05) is 0 Å². The van der Waals surface area contributed by atoms with E-state index in [2.05, 4.69) is 5.10 Å². The van der Waals surface area contributed by atoms with Crippen molar-refractivity contribution in [1.82, 2.24) is 9.19 Å². The van der Waals surface area contributed by atoms with Gasteiger partial charge in [-0.05, 0) is 18.2 Å². The topological polar surface area (TPSA) is 52.0 Å². The first-order valence-corrected chi connectivity index (χ1v) is 6.71. The van der Waals surface area contributed by atoms with Gasteiger partial charge in [-0.1, -0.05) is 23.7 Å². The molecule has 0 unspecified atom stereocenters. The van der Waals surface area contributed by atoms with Crippen LogP contribution in [0.25, 0.3) is 11.3 Å². The Labute approximate surface area is 98.5 Å². The van der Waals surface area contributed by atoms with E-state index in [1.54, 1.807) is 30.3 Å². The summed E-state index contributed by atoms with van der Waals surface area (Å²) in [4.78, 5) is 0. The number of halogens is 1. The minimum absolute atomic E-state index is 0.599. The van der Waals surface area contributed by atoms with Gasteiger partial charge in [-0.25, -0.2) is 8.42 Å². The highest BCUT2D eigenvalue weighted by Gasteiger charge is 2.08. The molecule has 16 heavy (non-hydrogen) atoms. The summed E-state index contributed by atoms with van der Waals surface area (Å²) in [7, 11) is -3.32. The molecule has 84 valence electrons. The quantitative estimate of drug-likeness (QED) is 0.826. The Morgan fingerprint density at radius 1 is 1.19 bits per heavy atom. The Morgan fingerprint density at radius 2 is 1.81 bits per heavy atom. The van der Waals surface area contributed by atoms with Crippen LogP contribution in [0.2, 0.25) is 5.02 Å². The van der Waals surface area contributed by atoms with Crippen LogP contribution < -0.4 is 0 Å². The fourth-order valence-corrected chi connectivity index (χ4v) is 1.91. The van der Waals surface area contributed by atoms with Gasteiger partial charge in [0.25, 0.3) is 10.0 Å². The second-order valence-corrected chi connectivity index (χ2v) is 5.62.